The number of rotatable bonds is 4. The number of carboxylic acid groups (broad SMARTS) is 1. The van der Waals surface area contributed by atoms with Crippen molar-refractivity contribution in [2.75, 3.05) is 19.8 Å². The minimum atomic E-state index is -4.47. The molecule has 214 valence electrons. The second-order valence-electron chi connectivity index (χ2n) is 12.2. The molecule has 2 fully saturated rings. The van der Waals surface area contributed by atoms with E-state index in [1.54, 1.807) is 12.1 Å². The predicted octanol–water partition coefficient (Wildman–Crippen LogP) is 6.00. The van der Waals surface area contributed by atoms with Crippen LogP contribution < -0.4 is 0 Å². The highest BCUT2D eigenvalue weighted by Crippen LogP contribution is 2.59. The standard InChI is InChI=1S/C32H30F3NO5/c1-30(2)40-15-31(16-41-30)12-22(19-5-3-4-6-25(19)32(33,34)35)20-9-17(7-8-24(20)31)14-39-26-11-18-10-21-27(23(18)13-36-26)28(21)29(37)38/h3-11,22-23,27-28H,12-16H2,1-2H3,(H,37,38)/t22?,23?,27-,28+/m1/s1. The lowest BCUT2D eigenvalue weighted by molar-refractivity contribution is -0.269. The number of dihydropyridines is 1. The number of aliphatic carboxylic acids is 1. The van der Waals surface area contributed by atoms with Gasteiger partial charge in [-0.05, 0) is 54.2 Å². The van der Waals surface area contributed by atoms with E-state index in [1.165, 1.54) is 6.07 Å². The van der Waals surface area contributed by atoms with Crippen molar-refractivity contribution in [1.29, 1.82) is 0 Å². The van der Waals surface area contributed by atoms with Crippen LogP contribution in [0.2, 0.25) is 0 Å². The van der Waals surface area contributed by atoms with E-state index in [4.69, 9.17) is 14.2 Å². The van der Waals surface area contributed by atoms with Crippen molar-refractivity contribution in [3.8, 4) is 0 Å². The topological polar surface area (TPSA) is 77.3 Å². The molecule has 2 unspecified atom stereocenters. The van der Waals surface area contributed by atoms with Crippen molar-refractivity contribution in [1.82, 2.24) is 0 Å². The summed E-state index contributed by atoms with van der Waals surface area (Å²) in [4.78, 5) is 15.9. The third kappa shape index (κ3) is 4.41. The highest BCUT2D eigenvalue weighted by Gasteiger charge is 2.58. The maximum atomic E-state index is 14.1. The smallest absolute Gasteiger partial charge is 0.416 e. The molecule has 1 saturated heterocycles. The number of benzene rings is 2. The number of carboxylic acids is 1. The third-order valence-electron chi connectivity index (χ3n) is 9.27. The number of aliphatic imine (C=N–C) groups is 1. The number of carbonyl (C=O) groups is 1. The Morgan fingerprint density at radius 3 is 2.59 bits per heavy atom. The quantitative estimate of drug-likeness (QED) is 0.492. The predicted molar refractivity (Wildman–Crippen MR) is 143 cm³/mol. The first-order valence-corrected chi connectivity index (χ1v) is 13.9. The average Bonchev–Trinajstić information content (AvgIpc) is 3.39. The zero-order chi connectivity index (χ0) is 28.7. The second kappa shape index (κ2) is 9.03. The fraction of sp³-hybridized carbons (Fsp3) is 0.438. The van der Waals surface area contributed by atoms with Crippen LogP contribution in [0.4, 0.5) is 13.2 Å². The summed E-state index contributed by atoms with van der Waals surface area (Å²) in [7, 11) is 0. The molecule has 2 aliphatic heterocycles. The van der Waals surface area contributed by atoms with Crippen LogP contribution in [0.3, 0.4) is 0 Å². The zero-order valence-corrected chi connectivity index (χ0v) is 22.7. The van der Waals surface area contributed by atoms with Crippen LogP contribution in [0.15, 0.2) is 70.8 Å². The number of nitrogens with zero attached hydrogens (tertiary/aromatic N) is 1. The Labute approximate surface area is 235 Å². The van der Waals surface area contributed by atoms with Crippen LogP contribution >= 0.6 is 0 Å². The Morgan fingerprint density at radius 2 is 1.85 bits per heavy atom. The average molecular weight is 566 g/mol. The van der Waals surface area contributed by atoms with Crippen molar-refractivity contribution in [3.05, 3.63) is 93.6 Å². The van der Waals surface area contributed by atoms with Crippen LogP contribution in [0, 0.1) is 17.8 Å². The summed E-state index contributed by atoms with van der Waals surface area (Å²) in [6.45, 7) is 5.09. The summed E-state index contributed by atoms with van der Waals surface area (Å²) in [6.07, 6.45) is -0.197. The minimum absolute atomic E-state index is 0.0444. The molecule has 7 rings (SSSR count). The largest absolute Gasteiger partial charge is 0.481 e. The third-order valence-corrected chi connectivity index (χ3v) is 9.27. The van der Waals surface area contributed by atoms with Crippen molar-refractivity contribution in [2.24, 2.45) is 22.7 Å². The summed E-state index contributed by atoms with van der Waals surface area (Å²) >= 11 is 0. The lowest BCUT2D eigenvalue weighted by atomic mass is 9.81. The Hall–Kier alpha value is -3.43. The van der Waals surface area contributed by atoms with Gasteiger partial charge in [-0.1, -0.05) is 48.0 Å². The van der Waals surface area contributed by atoms with E-state index in [0.717, 1.165) is 33.9 Å². The van der Waals surface area contributed by atoms with Gasteiger partial charge in [0.2, 0.25) is 5.90 Å². The van der Waals surface area contributed by atoms with E-state index >= 15 is 0 Å². The first-order valence-electron chi connectivity index (χ1n) is 13.9. The van der Waals surface area contributed by atoms with Crippen molar-refractivity contribution < 1.29 is 37.3 Å². The molecule has 1 spiro atoms. The van der Waals surface area contributed by atoms with Gasteiger partial charge in [0.15, 0.2) is 5.79 Å². The SMILES string of the molecule is CC1(C)OCC2(CO1)CC(c1ccccc1C(F)(F)F)c1cc(COC3=NCC4C(=C3)C=C3[C@H](C(=O)O)[C@H]34)ccc12. The highest BCUT2D eigenvalue weighted by molar-refractivity contribution is 5.91. The van der Waals surface area contributed by atoms with Gasteiger partial charge in [0.25, 0.3) is 0 Å². The van der Waals surface area contributed by atoms with E-state index in [0.29, 0.717) is 32.1 Å². The van der Waals surface area contributed by atoms with Gasteiger partial charge in [-0.3, -0.25) is 9.79 Å². The van der Waals surface area contributed by atoms with E-state index < -0.39 is 34.8 Å². The summed E-state index contributed by atoms with van der Waals surface area (Å²) in [5.41, 5.74) is 3.69. The van der Waals surface area contributed by atoms with E-state index in [2.05, 4.69) is 4.99 Å². The lowest BCUT2D eigenvalue weighted by Crippen LogP contribution is -2.48. The minimum Gasteiger partial charge on any atom is -0.481 e. The molecule has 2 aromatic carbocycles. The van der Waals surface area contributed by atoms with Gasteiger partial charge in [-0.25, -0.2) is 0 Å². The van der Waals surface area contributed by atoms with Crippen molar-refractivity contribution in [2.45, 2.75) is 50.2 Å². The number of hydrogen-bond acceptors (Lipinski definition) is 5. The van der Waals surface area contributed by atoms with Gasteiger partial charge in [-0.2, -0.15) is 13.2 Å². The molecule has 3 aliphatic carbocycles. The highest BCUT2D eigenvalue weighted by atomic mass is 19.4. The molecule has 1 N–H and O–H groups in total. The van der Waals surface area contributed by atoms with Crippen molar-refractivity contribution >= 4 is 11.9 Å². The molecular weight excluding hydrogens is 535 g/mol. The molecule has 0 radical (unpaired) electrons. The molecule has 0 amide bonds. The zero-order valence-electron chi connectivity index (χ0n) is 22.7. The Balaban J connectivity index is 1.17. The van der Waals surface area contributed by atoms with Crippen LogP contribution in [0.1, 0.15) is 54.0 Å². The molecule has 0 bridgehead atoms. The van der Waals surface area contributed by atoms with Gasteiger partial charge in [0.05, 0.1) is 31.2 Å². The number of fused-ring (bicyclic) bond motifs is 5. The number of ether oxygens (including phenoxy) is 3. The van der Waals surface area contributed by atoms with Crippen LogP contribution in [-0.2, 0) is 37.2 Å². The van der Waals surface area contributed by atoms with Gasteiger partial charge < -0.3 is 19.3 Å². The first-order chi connectivity index (χ1) is 19.5. The molecule has 2 heterocycles. The molecule has 2 aromatic rings. The molecule has 41 heavy (non-hydrogen) atoms. The molecular formula is C32H30F3NO5. The van der Waals surface area contributed by atoms with Gasteiger partial charge in [0.1, 0.15) is 6.61 Å². The van der Waals surface area contributed by atoms with Crippen molar-refractivity contribution in [3.63, 3.8) is 0 Å². The number of alkyl halides is 3. The van der Waals surface area contributed by atoms with Gasteiger partial charge in [-0.15, -0.1) is 0 Å². The number of halogens is 3. The molecule has 9 heteroatoms. The van der Waals surface area contributed by atoms with Crippen LogP contribution in [-0.4, -0.2) is 42.5 Å². The summed E-state index contributed by atoms with van der Waals surface area (Å²) in [6, 6.07) is 11.7. The molecule has 1 saturated carbocycles. The molecule has 4 atom stereocenters. The maximum Gasteiger partial charge on any atom is 0.416 e. The fourth-order valence-corrected chi connectivity index (χ4v) is 7.15. The van der Waals surface area contributed by atoms with Gasteiger partial charge in [0, 0.05) is 29.2 Å². The summed E-state index contributed by atoms with van der Waals surface area (Å²) in [5.74, 6) is -1.78. The number of allylic oxidation sites excluding steroid dienone is 1. The number of hydrogen-bond donors (Lipinski definition) is 1. The van der Waals surface area contributed by atoms with E-state index in [-0.39, 0.29) is 29.9 Å². The normalized spacial score (nSPS) is 28.7. The monoisotopic (exact) mass is 565 g/mol. The second-order valence-corrected chi connectivity index (χ2v) is 12.2. The summed E-state index contributed by atoms with van der Waals surface area (Å²) in [5, 5.41) is 9.34. The Kier molecular flexibility index (Phi) is 5.83. The Morgan fingerprint density at radius 1 is 1.10 bits per heavy atom. The van der Waals surface area contributed by atoms with Gasteiger partial charge >= 0.3 is 12.1 Å². The maximum absolute atomic E-state index is 14.1. The Bertz CT molecular complexity index is 1530. The van der Waals surface area contributed by atoms with E-state index in [1.807, 2.05) is 44.2 Å². The lowest BCUT2D eigenvalue weighted by Gasteiger charge is -2.42. The summed E-state index contributed by atoms with van der Waals surface area (Å²) < 4.78 is 60.3. The van der Waals surface area contributed by atoms with Crippen LogP contribution in [0.5, 0.6) is 0 Å². The van der Waals surface area contributed by atoms with E-state index in [9.17, 15) is 23.1 Å². The van der Waals surface area contributed by atoms with Crippen LogP contribution in [0.25, 0.3) is 0 Å². The molecule has 0 aromatic heterocycles. The first kappa shape index (κ1) is 26.5. The molecule has 6 nitrogen and oxygen atoms in total. The molecule has 5 aliphatic rings. The fourth-order valence-electron chi connectivity index (χ4n) is 7.15.